The maximum Gasteiger partial charge on any atom is 0.325 e. The number of esters is 1. The molecule has 1 fully saturated rings. The Morgan fingerprint density at radius 2 is 1.84 bits per heavy atom. The summed E-state index contributed by atoms with van der Waals surface area (Å²) in [6.07, 6.45) is 0.992. The van der Waals surface area contributed by atoms with Crippen LogP contribution in [0.4, 0.5) is 16.2 Å². The zero-order valence-electron chi connectivity index (χ0n) is 22.1. The molecule has 1 saturated heterocycles. The highest BCUT2D eigenvalue weighted by molar-refractivity contribution is 8.13. The van der Waals surface area contributed by atoms with Gasteiger partial charge in [-0.1, -0.05) is 41.6 Å². The van der Waals surface area contributed by atoms with Crippen LogP contribution in [0.15, 0.2) is 58.7 Å². The molecule has 2 aromatic rings. The number of carbonyl (C=O) groups is 3. The molecule has 0 saturated carbocycles. The number of anilines is 2. The first-order chi connectivity index (χ1) is 18.3. The number of amides is 3. The van der Waals surface area contributed by atoms with Crippen molar-refractivity contribution >= 4 is 46.2 Å². The number of thioether (sulfide) groups is 1. The molecule has 10 heteroatoms. The van der Waals surface area contributed by atoms with Crippen LogP contribution in [0, 0.1) is 13.8 Å². The Balaban J connectivity index is 1.56. The number of carbonyl (C=O) groups excluding carboxylic acids is 3. The maximum atomic E-state index is 13.7. The number of fused-ring (bicyclic) bond motifs is 1. The summed E-state index contributed by atoms with van der Waals surface area (Å²) in [7, 11) is 0. The minimum Gasteiger partial charge on any atom is -0.465 e. The second-order valence-electron chi connectivity index (χ2n) is 9.20. The van der Waals surface area contributed by atoms with Crippen molar-refractivity contribution < 1.29 is 19.1 Å². The molecular formula is C28H33N5O4S. The molecule has 2 aromatic carbocycles. The average molecular weight is 536 g/mol. The van der Waals surface area contributed by atoms with Crippen molar-refractivity contribution in [1.82, 2.24) is 10.2 Å². The minimum atomic E-state index is -0.505. The highest BCUT2D eigenvalue weighted by Crippen LogP contribution is 2.40. The quantitative estimate of drug-likeness (QED) is 0.441. The molecule has 1 atom stereocenters. The molecule has 2 aliphatic rings. The van der Waals surface area contributed by atoms with Crippen LogP contribution in [-0.4, -0.2) is 53.4 Å². The molecule has 3 N–H and O–H groups in total. The Morgan fingerprint density at radius 3 is 2.55 bits per heavy atom. The van der Waals surface area contributed by atoms with Crippen LogP contribution in [0.3, 0.4) is 0 Å². The zero-order valence-corrected chi connectivity index (χ0v) is 22.9. The Bertz CT molecular complexity index is 1290. The molecule has 4 rings (SSSR count). The van der Waals surface area contributed by atoms with E-state index < -0.39 is 12.0 Å². The number of hydrogen-bond donors (Lipinski definition) is 3. The van der Waals surface area contributed by atoms with Crippen LogP contribution in [-0.2, 0) is 14.3 Å². The molecule has 0 radical (unpaired) electrons. The van der Waals surface area contributed by atoms with E-state index in [2.05, 4.69) is 20.9 Å². The van der Waals surface area contributed by atoms with Crippen molar-refractivity contribution in [3.05, 3.63) is 70.4 Å². The van der Waals surface area contributed by atoms with E-state index in [1.807, 2.05) is 51.1 Å². The third kappa shape index (κ3) is 6.36. The molecule has 2 heterocycles. The smallest absolute Gasteiger partial charge is 0.325 e. The molecule has 9 nitrogen and oxygen atoms in total. The predicted octanol–water partition coefficient (Wildman–Crippen LogP) is 4.75. The molecule has 0 aromatic heterocycles. The minimum absolute atomic E-state index is 0.182. The fourth-order valence-corrected chi connectivity index (χ4v) is 5.56. The van der Waals surface area contributed by atoms with E-state index in [4.69, 9.17) is 9.73 Å². The van der Waals surface area contributed by atoms with E-state index in [0.29, 0.717) is 17.0 Å². The zero-order chi connectivity index (χ0) is 27.2. The van der Waals surface area contributed by atoms with Crippen LogP contribution >= 0.6 is 11.8 Å². The third-order valence-electron chi connectivity index (χ3n) is 6.32. The summed E-state index contributed by atoms with van der Waals surface area (Å²) >= 11 is 1.70. The van der Waals surface area contributed by atoms with Crippen molar-refractivity contribution in [1.29, 1.82) is 0 Å². The number of nitrogens with one attached hydrogen (secondary N) is 3. The number of aliphatic imine (C=N–C) groups is 1. The van der Waals surface area contributed by atoms with Gasteiger partial charge in [-0.3, -0.25) is 9.59 Å². The van der Waals surface area contributed by atoms with E-state index in [0.717, 1.165) is 46.3 Å². The van der Waals surface area contributed by atoms with E-state index in [1.54, 1.807) is 30.8 Å². The summed E-state index contributed by atoms with van der Waals surface area (Å²) in [4.78, 5) is 44.3. The SMILES string of the molecule is CCOC(=O)CNC(=O)Nc1ccc(C2C(C(=O)Nc3ccc(C)cc3C)=C(C)N=C3SCCCN32)cc1. The number of rotatable bonds is 7. The van der Waals surface area contributed by atoms with E-state index in [9.17, 15) is 14.4 Å². The Labute approximate surface area is 227 Å². The molecule has 3 amide bonds. The first kappa shape index (κ1) is 27.3. The molecule has 2 aliphatic heterocycles. The van der Waals surface area contributed by atoms with Gasteiger partial charge in [-0.15, -0.1) is 0 Å². The van der Waals surface area contributed by atoms with Crippen molar-refractivity contribution in [2.45, 2.75) is 40.2 Å². The van der Waals surface area contributed by atoms with E-state index in [1.165, 1.54) is 0 Å². The molecule has 0 aliphatic carbocycles. The highest BCUT2D eigenvalue weighted by atomic mass is 32.2. The molecule has 0 spiro atoms. The predicted molar refractivity (Wildman–Crippen MR) is 151 cm³/mol. The van der Waals surface area contributed by atoms with Gasteiger partial charge in [0.2, 0.25) is 0 Å². The summed E-state index contributed by atoms with van der Waals surface area (Å²) in [5.74, 6) is 0.308. The van der Waals surface area contributed by atoms with Gasteiger partial charge >= 0.3 is 12.0 Å². The van der Waals surface area contributed by atoms with Crippen molar-refractivity contribution in [2.24, 2.45) is 4.99 Å². The number of urea groups is 1. The Kier molecular flexibility index (Phi) is 8.73. The van der Waals surface area contributed by atoms with Crippen LogP contribution in [0.5, 0.6) is 0 Å². The molecule has 200 valence electrons. The second-order valence-corrected chi connectivity index (χ2v) is 10.3. The highest BCUT2D eigenvalue weighted by Gasteiger charge is 2.37. The number of aryl methyl sites for hydroxylation is 2. The van der Waals surface area contributed by atoms with Gasteiger partial charge in [-0.05, 0) is 63.4 Å². The topological polar surface area (TPSA) is 112 Å². The number of nitrogens with zero attached hydrogens (tertiary/aromatic N) is 2. The average Bonchev–Trinajstić information content (AvgIpc) is 2.89. The van der Waals surface area contributed by atoms with Crippen LogP contribution in [0.2, 0.25) is 0 Å². The largest absolute Gasteiger partial charge is 0.465 e. The third-order valence-corrected chi connectivity index (χ3v) is 7.39. The van der Waals surface area contributed by atoms with Gasteiger partial charge < -0.3 is 25.6 Å². The summed E-state index contributed by atoms with van der Waals surface area (Å²) < 4.78 is 4.82. The Hall–Kier alpha value is -3.79. The normalized spacial score (nSPS) is 16.8. The Morgan fingerprint density at radius 1 is 1.08 bits per heavy atom. The van der Waals surface area contributed by atoms with Crippen LogP contribution in [0.25, 0.3) is 0 Å². The van der Waals surface area contributed by atoms with Crippen molar-refractivity contribution in [2.75, 3.05) is 36.1 Å². The summed E-state index contributed by atoms with van der Waals surface area (Å²) in [6.45, 7) is 8.43. The molecule has 1 unspecified atom stereocenters. The fourth-order valence-electron chi connectivity index (χ4n) is 4.54. The summed E-state index contributed by atoms with van der Waals surface area (Å²) in [5, 5.41) is 9.22. The van der Waals surface area contributed by atoms with Gasteiger partial charge in [0.25, 0.3) is 5.91 Å². The summed E-state index contributed by atoms with van der Waals surface area (Å²) in [6, 6.07) is 12.5. The van der Waals surface area contributed by atoms with Gasteiger partial charge in [0.15, 0.2) is 5.17 Å². The molecule has 38 heavy (non-hydrogen) atoms. The second kappa shape index (κ2) is 12.2. The number of allylic oxidation sites excluding steroid dienone is 1. The number of amidine groups is 1. The lowest BCUT2D eigenvalue weighted by Gasteiger charge is -2.41. The first-order valence-corrected chi connectivity index (χ1v) is 13.6. The van der Waals surface area contributed by atoms with Gasteiger partial charge in [-0.25, -0.2) is 9.79 Å². The lowest BCUT2D eigenvalue weighted by atomic mass is 9.93. The van der Waals surface area contributed by atoms with Gasteiger partial charge in [0, 0.05) is 23.7 Å². The van der Waals surface area contributed by atoms with Crippen LogP contribution in [0.1, 0.15) is 43.0 Å². The molecule has 0 bridgehead atoms. The number of benzene rings is 2. The van der Waals surface area contributed by atoms with Crippen molar-refractivity contribution in [3.63, 3.8) is 0 Å². The lowest BCUT2D eigenvalue weighted by molar-refractivity contribution is -0.141. The fraction of sp³-hybridized carbons (Fsp3) is 0.357. The lowest BCUT2D eigenvalue weighted by Crippen LogP contribution is -2.43. The monoisotopic (exact) mass is 535 g/mol. The first-order valence-electron chi connectivity index (χ1n) is 12.6. The molecular weight excluding hydrogens is 502 g/mol. The number of hydrogen-bond acceptors (Lipinski definition) is 7. The maximum absolute atomic E-state index is 13.7. The van der Waals surface area contributed by atoms with E-state index in [-0.39, 0.29) is 25.1 Å². The van der Waals surface area contributed by atoms with Crippen LogP contribution < -0.4 is 16.0 Å². The van der Waals surface area contributed by atoms with Crippen molar-refractivity contribution in [3.8, 4) is 0 Å². The van der Waals surface area contributed by atoms with Gasteiger partial charge in [0.05, 0.1) is 23.9 Å². The standard InChI is InChI=1S/C28H33N5O4S/c1-5-37-23(34)16-29-27(36)31-21-10-8-20(9-11-21)25-24(19(4)30-28-33(25)13-6-14-38-28)26(35)32-22-12-7-17(2)15-18(22)3/h7-12,15,25H,5-6,13-14,16H2,1-4H3,(H,32,35)(H2,29,31,36). The van der Waals surface area contributed by atoms with Gasteiger partial charge in [-0.2, -0.15) is 0 Å². The van der Waals surface area contributed by atoms with Gasteiger partial charge in [0.1, 0.15) is 6.54 Å². The number of ether oxygens (including phenoxy) is 1. The summed E-state index contributed by atoms with van der Waals surface area (Å²) in [5.41, 5.74) is 5.68. The van der Waals surface area contributed by atoms with E-state index >= 15 is 0 Å².